The average Bonchev–Trinajstić information content (AvgIpc) is 2.49. The smallest absolute Gasteiger partial charge is 0.0289 e. The molecule has 0 saturated carbocycles. The van der Waals surface area contributed by atoms with Gasteiger partial charge in [0.1, 0.15) is 0 Å². The Labute approximate surface area is 128 Å². The van der Waals surface area contributed by atoms with Crippen LogP contribution in [0.4, 0.5) is 0 Å². The molecular weight excluding hydrogens is 264 g/mol. The van der Waals surface area contributed by atoms with Crippen molar-refractivity contribution < 1.29 is 0 Å². The minimum absolute atomic E-state index is 0.431. The maximum absolute atomic E-state index is 3.31. The standard InChI is InChI=1S/C17H28N2S/c1-14(18-2)15-7-6-9-17(13-15)20-12-10-16-8-4-5-11-19(16)3/h6-7,9,13-14,16,18H,4-5,8,10-12H2,1-3H3. The third kappa shape index (κ3) is 4.51. The van der Waals surface area contributed by atoms with Crippen molar-refractivity contribution in [3.05, 3.63) is 29.8 Å². The van der Waals surface area contributed by atoms with Gasteiger partial charge >= 0.3 is 0 Å². The zero-order valence-corrected chi connectivity index (χ0v) is 13.9. The lowest BCUT2D eigenvalue weighted by Gasteiger charge is -2.32. The number of nitrogens with one attached hydrogen (secondary N) is 1. The molecule has 2 nitrogen and oxygen atoms in total. The van der Waals surface area contributed by atoms with Gasteiger partial charge in [0, 0.05) is 17.0 Å². The summed E-state index contributed by atoms with van der Waals surface area (Å²) in [7, 11) is 4.30. The molecular formula is C17H28N2S. The van der Waals surface area contributed by atoms with Crippen LogP contribution in [-0.2, 0) is 0 Å². The van der Waals surface area contributed by atoms with Crippen LogP contribution in [0.15, 0.2) is 29.2 Å². The van der Waals surface area contributed by atoms with E-state index in [1.165, 1.54) is 48.4 Å². The van der Waals surface area contributed by atoms with E-state index in [2.05, 4.69) is 48.5 Å². The molecule has 2 unspecified atom stereocenters. The van der Waals surface area contributed by atoms with Crippen molar-refractivity contribution in [3.8, 4) is 0 Å². The van der Waals surface area contributed by atoms with Crippen LogP contribution in [0.3, 0.4) is 0 Å². The first kappa shape index (κ1) is 15.9. The molecule has 112 valence electrons. The molecule has 2 atom stereocenters. The molecule has 0 amide bonds. The van der Waals surface area contributed by atoms with Crippen LogP contribution in [0.2, 0.25) is 0 Å². The summed E-state index contributed by atoms with van der Waals surface area (Å²) in [6.07, 6.45) is 5.49. The normalized spacial score (nSPS) is 21.9. The summed E-state index contributed by atoms with van der Waals surface area (Å²) >= 11 is 2.00. The summed E-state index contributed by atoms with van der Waals surface area (Å²) in [5.74, 6) is 1.23. The number of piperidine rings is 1. The molecule has 0 aromatic heterocycles. The summed E-state index contributed by atoms with van der Waals surface area (Å²) in [5.41, 5.74) is 1.38. The number of nitrogens with zero attached hydrogens (tertiary/aromatic N) is 1. The molecule has 1 saturated heterocycles. The van der Waals surface area contributed by atoms with Crippen molar-refractivity contribution in [1.82, 2.24) is 10.2 Å². The van der Waals surface area contributed by atoms with Gasteiger partial charge < -0.3 is 10.2 Å². The molecule has 1 heterocycles. The molecule has 0 radical (unpaired) electrons. The number of hydrogen-bond acceptors (Lipinski definition) is 3. The molecule has 0 aliphatic carbocycles. The van der Waals surface area contributed by atoms with Crippen LogP contribution in [0.5, 0.6) is 0 Å². The maximum atomic E-state index is 3.31. The summed E-state index contributed by atoms with van der Waals surface area (Å²) in [4.78, 5) is 3.95. The van der Waals surface area contributed by atoms with E-state index in [1.54, 1.807) is 0 Å². The number of likely N-dealkylation sites (tertiary alicyclic amines) is 1. The van der Waals surface area contributed by atoms with Gasteiger partial charge in [-0.05, 0) is 70.3 Å². The van der Waals surface area contributed by atoms with Crippen molar-refractivity contribution >= 4 is 11.8 Å². The Bertz CT molecular complexity index is 408. The van der Waals surface area contributed by atoms with Crippen LogP contribution in [0.1, 0.15) is 44.2 Å². The monoisotopic (exact) mass is 292 g/mol. The molecule has 0 spiro atoms. The van der Waals surface area contributed by atoms with E-state index < -0.39 is 0 Å². The summed E-state index contributed by atoms with van der Waals surface area (Å²) < 4.78 is 0. The zero-order chi connectivity index (χ0) is 14.4. The van der Waals surface area contributed by atoms with Crippen molar-refractivity contribution in [2.75, 3.05) is 26.4 Å². The number of thioether (sulfide) groups is 1. The Morgan fingerprint density at radius 1 is 1.40 bits per heavy atom. The van der Waals surface area contributed by atoms with E-state index in [1.807, 2.05) is 18.8 Å². The van der Waals surface area contributed by atoms with Gasteiger partial charge in [-0.25, -0.2) is 0 Å². The Hall–Kier alpha value is -0.510. The predicted molar refractivity (Wildman–Crippen MR) is 89.5 cm³/mol. The number of hydrogen-bond donors (Lipinski definition) is 1. The van der Waals surface area contributed by atoms with Gasteiger partial charge in [0.05, 0.1) is 0 Å². The first-order chi connectivity index (χ1) is 9.70. The third-order valence-electron chi connectivity index (χ3n) is 4.43. The highest BCUT2D eigenvalue weighted by molar-refractivity contribution is 7.99. The van der Waals surface area contributed by atoms with Gasteiger partial charge in [0.15, 0.2) is 0 Å². The van der Waals surface area contributed by atoms with E-state index in [0.717, 1.165) is 6.04 Å². The van der Waals surface area contributed by atoms with Gasteiger partial charge in [-0.2, -0.15) is 0 Å². The number of benzene rings is 1. The Balaban J connectivity index is 1.81. The molecule has 1 aromatic carbocycles. The second kappa shape index (κ2) is 8.06. The van der Waals surface area contributed by atoms with Gasteiger partial charge in [0.2, 0.25) is 0 Å². The van der Waals surface area contributed by atoms with Gasteiger partial charge in [-0.1, -0.05) is 18.6 Å². The first-order valence-electron chi connectivity index (χ1n) is 7.81. The first-order valence-corrected chi connectivity index (χ1v) is 8.79. The van der Waals surface area contributed by atoms with Crippen LogP contribution >= 0.6 is 11.8 Å². The zero-order valence-electron chi connectivity index (χ0n) is 13.1. The van der Waals surface area contributed by atoms with Gasteiger partial charge in [0.25, 0.3) is 0 Å². The van der Waals surface area contributed by atoms with E-state index in [4.69, 9.17) is 0 Å². The van der Waals surface area contributed by atoms with E-state index in [0.29, 0.717) is 6.04 Å². The predicted octanol–water partition coefficient (Wildman–Crippen LogP) is 3.93. The highest BCUT2D eigenvalue weighted by Crippen LogP contribution is 2.25. The van der Waals surface area contributed by atoms with Crippen molar-refractivity contribution in [1.29, 1.82) is 0 Å². The molecule has 1 N–H and O–H groups in total. The van der Waals surface area contributed by atoms with Crippen molar-refractivity contribution in [3.63, 3.8) is 0 Å². The second-order valence-electron chi connectivity index (χ2n) is 5.85. The maximum Gasteiger partial charge on any atom is 0.0289 e. The van der Waals surface area contributed by atoms with Crippen LogP contribution in [-0.4, -0.2) is 37.3 Å². The summed E-state index contributed by atoms with van der Waals surface area (Å²) in [5, 5.41) is 3.31. The molecule has 1 aliphatic rings. The van der Waals surface area contributed by atoms with Crippen LogP contribution in [0.25, 0.3) is 0 Å². The second-order valence-corrected chi connectivity index (χ2v) is 7.02. The minimum atomic E-state index is 0.431. The lowest BCUT2D eigenvalue weighted by atomic mass is 10.0. The SMILES string of the molecule is CNC(C)c1cccc(SCCC2CCCCN2C)c1. The largest absolute Gasteiger partial charge is 0.313 e. The lowest BCUT2D eigenvalue weighted by Crippen LogP contribution is -2.36. The quantitative estimate of drug-likeness (QED) is 0.800. The fourth-order valence-corrected chi connectivity index (χ4v) is 3.88. The average molecular weight is 292 g/mol. The van der Waals surface area contributed by atoms with E-state index >= 15 is 0 Å². The van der Waals surface area contributed by atoms with Crippen molar-refractivity contribution in [2.24, 2.45) is 0 Å². The summed E-state index contributed by atoms with van der Waals surface area (Å²) in [6, 6.07) is 10.2. The highest BCUT2D eigenvalue weighted by Gasteiger charge is 2.18. The van der Waals surface area contributed by atoms with Gasteiger partial charge in [-0.15, -0.1) is 11.8 Å². The lowest BCUT2D eigenvalue weighted by molar-refractivity contribution is 0.182. The Kier molecular flexibility index (Phi) is 6.40. The highest BCUT2D eigenvalue weighted by atomic mass is 32.2. The molecule has 20 heavy (non-hydrogen) atoms. The Morgan fingerprint density at radius 3 is 3.00 bits per heavy atom. The van der Waals surface area contributed by atoms with Gasteiger partial charge in [-0.3, -0.25) is 0 Å². The fraction of sp³-hybridized carbons (Fsp3) is 0.647. The van der Waals surface area contributed by atoms with Crippen LogP contribution in [0, 0.1) is 0 Å². The minimum Gasteiger partial charge on any atom is -0.313 e. The fourth-order valence-electron chi connectivity index (χ4n) is 2.86. The molecule has 3 heteroatoms. The molecule has 2 rings (SSSR count). The molecule has 1 aromatic rings. The molecule has 1 fully saturated rings. The number of rotatable bonds is 6. The molecule has 0 bridgehead atoms. The molecule has 1 aliphatic heterocycles. The van der Waals surface area contributed by atoms with Crippen LogP contribution < -0.4 is 5.32 Å². The third-order valence-corrected chi connectivity index (χ3v) is 5.46. The van der Waals surface area contributed by atoms with E-state index in [-0.39, 0.29) is 0 Å². The topological polar surface area (TPSA) is 15.3 Å². The van der Waals surface area contributed by atoms with Crippen molar-refractivity contribution in [2.45, 2.75) is 49.6 Å². The Morgan fingerprint density at radius 2 is 2.25 bits per heavy atom. The van der Waals surface area contributed by atoms with E-state index in [9.17, 15) is 0 Å². The summed E-state index contributed by atoms with van der Waals surface area (Å²) in [6.45, 7) is 3.49.